The third-order valence-electron chi connectivity index (χ3n) is 9.33. The van der Waals surface area contributed by atoms with E-state index in [0.717, 1.165) is 23.1 Å². The minimum Gasteiger partial charge on any atom is -0.424 e. The number of nitrogens with two attached hydrogens (primary N) is 1. The van der Waals surface area contributed by atoms with Gasteiger partial charge < -0.3 is 35.5 Å². The van der Waals surface area contributed by atoms with Crippen molar-refractivity contribution in [2.75, 3.05) is 19.8 Å². The molecule has 0 radical (unpaired) electrons. The number of nitrogens with zero attached hydrogens (tertiary/aromatic N) is 2. The second-order valence-corrected chi connectivity index (χ2v) is 11.6. The van der Waals surface area contributed by atoms with E-state index in [2.05, 4.69) is 18.0 Å². The van der Waals surface area contributed by atoms with E-state index < -0.39 is 23.9 Å². The van der Waals surface area contributed by atoms with Crippen LogP contribution in [0.1, 0.15) is 44.6 Å². The predicted molar refractivity (Wildman–Crippen MR) is 137 cm³/mol. The van der Waals surface area contributed by atoms with Gasteiger partial charge in [-0.15, -0.1) is 0 Å². The summed E-state index contributed by atoms with van der Waals surface area (Å²) < 4.78 is 5.44. The first-order valence-corrected chi connectivity index (χ1v) is 12.8. The maximum Gasteiger partial charge on any atom is 0.292 e. The van der Waals surface area contributed by atoms with Crippen molar-refractivity contribution in [1.29, 1.82) is 0 Å². The highest BCUT2D eigenvalue weighted by molar-refractivity contribution is 5.83. The maximum atomic E-state index is 11.7. The van der Waals surface area contributed by atoms with E-state index in [0.29, 0.717) is 42.4 Å². The summed E-state index contributed by atoms with van der Waals surface area (Å²) >= 11 is 0. The molecule has 8 heteroatoms. The number of aliphatic hydroxyl groups is 4. The molecule has 1 aromatic heterocycles. The number of rotatable bonds is 2. The molecule has 0 spiro atoms. The number of fused-ring (bicyclic) bond motifs is 4. The quantitative estimate of drug-likeness (QED) is 0.430. The van der Waals surface area contributed by atoms with E-state index in [1.807, 2.05) is 37.2 Å². The zero-order valence-electron chi connectivity index (χ0n) is 21.0. The summed E-state index contributed by atoms with van der Waals surface area (Å²) in [6.07, 6.45) is 3.94. The Morgan fingerprint density at radius 1 is 1.17 bits per heavy atom. The van der Waals surface area contributed by atoms with E-state index in [-0.39, 0.29) is 23.4 Å². The molecule has 6 rings (SSSR count). The number of likely N-dealkylation sites (N-methyl/N-ethyl adjacent to an activating group) is 1. The first-order chi connectivity index (χ1) is 17.0. The fraction of sp³-hybridized carbons (Fsp3) is 0.536. The Kier molecular flexibility index (Phi) is 5.31. The number of aliphatic hydroxyl groups excluding tert-OH is 3. The molecular weight excluding hydrogens is 458 g/mol. The smallest absolute Gasteiger partial charge is 0.292 e. The van der Waals surface area contributed by atoms with Gasteiger partial charge in [0, 0.05) is 11.5 Å². The van der Waals surface area contributed by atoms with Crippen molar-refractivity contribution >= 4 is 22.7 Å². The second-order valence-electron chi connectivity index (χ2n) is 11.6. The summed E-state index contributed by atoms with van der Waals surface area (Å²) in [4.78, 5) is 6.15. The highest BCUT2D eigenvalue weighted by Gasteiger charge is 2.53. The third-order valence-corrected chi connectivity index (χ3v) is 9.33. The summed E-state index contributed by atoms with van der Waals surface area (Å²) in [5.41, 5.74) is 10.2. The normalized spacial score (nSPS) is 38.4. The molecule has 192 valence electrons. The van der Waals surface area contributed by atoms with Crippen LogP contribution >= 0.6 is 0 Å². The molecule has 0 aliphatic heterocycles. The van der Waals surface area contributed by atoms with Crippen molar-refractivity contribution in [2.45, 2.75) is 69.0 Å². The van der Waals surface area contributed by atoms with Gasteiger partial charge in [-0.2, -0.15) is 4.98 Å². The van der Waals surface area contributed by atoms with Gasteiger partial charge in [0.25, 0.3) is 6.01 Å². The third kappa shape index (κ3) is 3.35. The SMILES string of the molecule is CN(C)C1CC2(O)CCC3=C(C=C2C(O)C1O)C(O)CC1(C)C(c2ccc4oc(N)nc4c2)=CCC31. The van der Waals surface area contributed by atoms with Crippen molar-refractivity contribution in [3.05, 3.63) is 52.6 Å². The van der Waals surface area contributed by atoms with Crippen LogP contribution in [-0.4, -0.2) is 74.4 Å². The Labute approximate surface area is 210 Å². The second kappa shape index (κ2) is 8.00. The van der Waals surface area contributed by atoms with E-state index in [4.69, 9.17) is 10.2 Å². The zero-order chi connectivity index (χ0) is 25.6. The van der Waals surface area contributed by atoms with Gasteiger partial charge in [0.15, 0.2) is 5.58 Å². The highest BCUT2D eigenvalue weighted by atomic mass is 16.4. The Bertz CT molecular complexity index is 1330. The first-order valence-electron chi connectivity index (χ1n) is 12.8. The van der Waals surface area contributed by atoms with Crippen molar-refractivity contribution in [3.63, 3.8) is 0 Å². The van der Waals surface area contributed by atoms with Gasteiger partial charge in [-0.05, 0) is 86.5 Å². The lowest BCUT2D eigenvalue weighted by Gasteiger charge is -2.46. The molecule has 1 saturated carbocycles. The van der Waals surface area contributed by atoms with Crippen LogP contribution in [0.2, 0.25) is 0 Å². The highest BCUT2D eigenvalue weighted by Crippen LogP contribution is 2.60. The predicted octanol–water partition coefficient (Wildman–Crippen LogP) is 2.39. The lowest BCUT2D eigenvalue weighted by atomic mass is 9.61. The van der Waals surface area contributed by atoms with Gasteiger partial charge >= 0.3 is 0 Å². The molecule has 0 saturated heterocycles. The van der Waals surface area contributed by atoms with Crippen molar-refractivity contribution in [1.82, 2.24) is 9.88 Å². The first kappa shape index (κ1) is 23.9. The van der Waals surface area contributed by atoms with Crippen molar-refractivity contribution < 1.29 is 24.8 Å². The Morgan fingerprint density at radius 3 is 2.69 bits per heavy atom. The topological polar surface area (TPSA) is 136 Å². The molecule has 36 heavy (non-hydrogen) atoms. The van der Waals surface area contributed by atoms with Crippen LogP contribution in [0.25, 0.3) is 16.7 Å². The van der Waals surface area contributed by atoms with Crippen molar-refractivity contribution in [3.8, 4) is 0 Å². The van der Waals surface area contributed by atoms with Crippen LogP contribution in [0.3, 0.4) is 0 Å². The minimum atomic E-state index is -1.23. The molecule has 4 aliphatic carbocycles. The summed E-state index contributed by atoms with van der Waals surface area (Å²) in [7, 11) is 3.70. The number of aromatic nitrogens is 1. The molecule has 1 fully saturated rings. The van der Waals surface area contributed by atoms with E-state index in [1.165, 1.54) is 5.57 Å². The van der Waals surface area contributed by atoms with Crippen LogP contribution in [0.15, 0.2) is 51.5 Å². The van der Waals surface area contributed by atoms with Gasteiger partial charge in [-0.25, -0.2) is 0 Å². The largest absolute Gasteiger partial charge is 0.424 e. The summed E-state index contributed by atoms with van der Waals surface area (Å²) in [6.45, 7) is 2.21. The number of nitrogen functional groups attached to an aromatic ring is 1. The molecule has 7 unspecified atom stereocenters. The molecule has 4 aliphatic rings. The number of benzene rings is 1. The van der Waals surface area contributed by atoms with Crippen LogP contribution in [0.4, 0.5) is 6.01 Å². The molecule has 7 atom stereocenters. The van der Waals surface area contributed by atoms with Gasteiger partial charge in [-0.1, -0.05) is 30.7 Å². The van der Waals surface area contributed by atoms with Gasteiger partial charge in [0.1, 0.15) is 11.6 Å². The maximum absolute atomic E-state index is 11.7. The summed E-state index contributed by atoms with van der Waals surface area (Å²) in [5.74, 6) is 0.177. The van der Waals surface area contributed by atoms with Gasteiger partial charge in [0.05, 0.1) is 17.8 Å². The molecule has 1 heterocycles. The van der Waals surface area contributed by atoms with Gasteiger partial charge in [0.2, 0.25) is 0 Å². The number of hydrogen-bond acceptors (Lipinski definition) is 8. The molecule has 8 nitrogen and oxygen atoms in total. The average molecular weight is 494 g/mol. The number of allylic oxidation sites excluding steroid dienone is 3. The molecule has 0 bridgehead atoms. The lowest BCUT2D eigenvalue weighted by molar-refractivity contribution is -0.0922. The van der Waals surface area contributed by atoms with Crippen LogP contribution in [0.5, 0.6) is 0 Å². The fourth-order valence-corrected chi connectivity index (χ4v) is 7.41. The molecule has 6 N–H and O–H groups in total. The number of hydrogen-bond donors (Lipinski definition) is 5. The van der Waals surface area contributed by atoms with Gasteiger partial charge in [-0.3, -0.25) is 0 Å². The summed E-state index contributed by atoms with van der Waals surface area (Å²) in [6, 6.07) is 5.70. The van der Waals surface area contributed by atoms with E-state index in [9.17, 15) is 20.4 Å². The summed E-state index contributed by atoms with van der Waals surface area (Å²) in [5, 5.41) is 45.0. The Balaban J connectivity index is 1.37. The van der Waals surface area contributed by atoms with Crippen LogP contribution in [-0.2, 0) is 0 Å². The molecule has 1 aromatic carbocycles. The fourth-order valence-electron chi connectivity index (χ4n) is 7.41. The number of oxazole rings is 1. The Hall–Kier alpha value is -2.49. The molecule has 0 amide bonds. The molecular formula is C28H35N3O5. The van der Waals surface area contributed by atoms with Crippen LogP contribution < -0.4 is 5.73 Å². The van der Waals surface area contributed by atoms with E-state index in [1.54, 1.807) is 6.08 Å². The van der Waals surface area contributed by atoms with E-state index >= 15 is 0 Å². The lowest BCUT2D eigenvalue weighted by Crippen LogP contribution is -2.58. The number of anilines is 1. The minimum absolute atomic E-state index is 0.143. The monoisotopic (exact) mass is 493 g/mol. The Morgan fingerprint density at radius 2 is 1.94 bits per heavy atom. The van der Waals surface area contributed by atoms with Crippen LogP contribution in [0, 0.1) is 11.3 Å². The standard InChI is InChI=1S/C28H35N3O5/c1-27-13-22(32)16-11-19-24(33)25(34)21(31(2)3)12-28(19,35)9-8-15(16)18(27)6-5-17(27)14-4-7-23-20(10-14)30-26(29)36-23/h4-5,7,10-11,18,21-22,24-25,32-35H,6,8-9,12-13H2,1-3H3,(H2,29,30). The van der Waals surface area contributed by atoms with Crippen molar-refractivity contribution in [2.24, 2.45) is 11.3 Å². The zero-order valence-corrected chi connectivity index (χ0v) is 21.0. The average Bonchev–Trinajstić information content (AvgIpc) is 3.30. The molecule has 2 aromatic rings.